The Balaban J connectivity index is 2.08. The smallest absolute Gasteiger partial charge is 0.240 e. The van der Waals surface area contributed by atoms with E-state index >= 15 is 0 Å². The lowest BCUT2D eigenvalue weighted by molar-refractivity contribution is -0.121. The summed E-state index contributed by atoms with van der Waals surface area (Å²) in [5.74, 6) is -0.155. The van der Waals surface area contributed by atoms with Gasteiger partial charge in [0, 0.05) is 6.42 Å². The first-order chi connectivity index (χ1) is 10.7. The van der Waals surface area contributed by atoms with Gasteiger partial charge in [-0.05, 0) is 18.4 Å². The predicted molar refractivity (Wildman–Crippen MR) is 90.8 cm³/mol. The maximum absolute atomic E-state index is 11.6. The number of hydrazone groups is 1. The van der Waals surface area contributed by atoms with E-state index in [0.717, 1.165) is 18.4 Å². The lowest BCUT2D eigenvalue weighted by atomic mass is 10.0. The SMILES string of the molecule is CCCCCCCC(O)CCC(=O)NN=Cc1ccccc1. The molecule has 0 spiro atoms. The van der Waals surface area contributed by atoms with E-state index in [1.165, 1.54) is 25.7 Å². The van der Waals surface area contributed by atoms with Crippen LogP contribution in [-0.2, 0) is 4.79 Å². The summed E-state index contributed by atoms with van der Waals surface area (Å²) >= 11 is 0. The minimum atomic E-state index is -0.384. The maximum atomic E-state index is 11.6. The third-order valence-electron chi connectivity index (χ3n) is 3.55. The number of hydrogen-bond acceptors (Lipinski definition) is 3. The van der Waals surface area contributed by atoms with Gasteiger partial charge >= 0.3 is 0 Å². The number of hydrogen-bond donors (Lipinski definition) is 2. The average molecular weight is 304 g/mol. The van der Waals surface area contributed by atoms with Crippen molar-refractivity contribution in [2.45, 2.75) is 64.4 Å². The molecule has 4 heteroatoms. The zero-order valence-electron chi connectivity index (χ0n) is 13.5. The molecular formula is C18H28N2O2. The number of aliphatic hydroxyl groups is 1. The number of unbranched alkanes of at least 4 members (excludes halogenated alkanes) is 4. The van der Waals surface area contributed by atoms with Crippen LogP contribution in [0.25, 0.3) is 0 Å². The molecule has 2 N–H and O–H groups in total. The normalized spacial score (nSPS) is 12.5. The van der Waals surface area contributed by atoms with Gasteiger partial charge in [-0.1, -0.05) is 69.4 Å². The van der Waals surface area contributed by atoms with Crippen molar-refractivity contribution >= 4 is 12.1 Å². The minimum absolute atomic E-state index is 0.155. The van der Waals surface area contributed by atoms with Crippen molar-refractivity contribution in [3.05, 3.63) is 35.9 Å². The first-order valence-electron chi connectivity index (χ1n) is 8.27. The monoisotopic (exact) mass is 304 g/mol. The van der Waals surface area contributed by atoms with E-state index in [-0.39, 0.29) is 12.0 Å². The van der Waals surface area contributed by atoms with Gasteiger partial charge in [-0.25, -0.2) is 5.43 Å². The molecular weight excluding hydrogens is 276 g/mol. The minimum Gasteiger partial charge on any atom is -0.393 e. The molecule has 1 aromatic rings. The summed E-state index contributed by atoms with van der Waals surface area (Å²) in [6.45, 7) is 2.19. The Hall–Kier alpha value is -1.68. The predicted octanol–water partition coefficient (Wildman–Crippen LogP) is 3.64. The van der Waals surface area contributed by atoms with Crippen molar-refractivity contribution in [2.75, 3.05) is 0 Å². The summed E-state index contributed by atoms with van der Waals surface area (Å²) in [6, 6.07) is 9.59. The molecule has 0 aliphatic carbocycles. The van der Waals surface area contributed by atoms with Crippen LogP contribution in [0.1, 0.15) is 63.9 Å². The molecule has 0 bridgehead atoms. The largest absolute Gasteiger partial charge is 0.393 e. The number of amides is 1. The van der Waals surface area contributed by atoms with Crippen LogP contribution >= 0.6 is 0 Å². The summed E-state index contributed by atoms with van der Waals surface area (Å²) in [5.41, 5.74) is 3.43. The first kappa shape index (κ1) is 18.4. The van der Waals surface area contributed by atoms with E-state index in [2.05, 4.69) is 17.5 Å². The van der Waals surface area contributed by atoms with Crippen molar-refractivity contribution < 1.29 is 9.90 Å². The molecule has 0 saturated carbocycles. The van der Waals surface area contributed by atoms with Crippen molar-refractivity contribution in [1.82, 2.24) is 5.43 Å². The quantitative estimate of drug-likeness (QED) is 0.372. The van der Waals surface area contributed by atoms with E-state index in [9.17, 15) is 9.90 Å². The van der Waals surface area contributed by atoms with Gasteiger partial charge in [0.05, 0.1) is 12.3 Å². The van der Waals surface area contributed by atoms with Crippen LogP contribution < -0.4 is 5.43 Å². The molecule has 0 heterocycles. The molecule has 1 aromatic carbocycles. The van der Waals surface area contributed by atoms with Gasteiger partial charge in [0.1, 0.15) is 0 Å². The van der Waals surface area contributed by atoms with Gasteiger partial charge in [0.15, 0.2) is 0 Å². The van der Waals surface area contributed by atoms with Crippen molar-refractivity contribution in [2.24, 2.45) is 5.10 Å². The second-order valence-electron chi connectivity index (χ2n) is 5.60. The molecule has 1 amide bonds. The Kier molecular flexibility index (Phi) is 9.96. The van der Waals surface area contributed by atoms with Gasteiger partial charge < -0.3 is 5.11 Å². The highest BCUT2D eigenvalue weighted by Gasteiger charge is 2.07. The first-order valence-corrected chi connectivity index (χ1v) is 8.27. The van der Waals surface area contributed by atoms with Crippen LogP contribution in [0.2, 0.25) is 0 Å². The molecule has 0 aliphatic rings. The molecule has 0 aromatic heterocycles. The summed E-state index contributed by atoms with van der Waals surface area (Å²) in [7, 11) is 0. The van der Waals surface area contributed by atoms with E-state index < -0.39 is 0 Å². The summed E-state index contributed by atoms with van der Waals surface area (Å²) in [5, 5.41) is 13.7. The topological polar surface area (TPSA) is 61.7 Å². The summed E-state index contributed by atoms with van der Waals surface area (Å²) in [6.07, 6.45) is 8.75. The average Bonchev–Trinajstić information content (AvgIpc) is 2.54. The van der Waals surface area contributed by atoms with Crippen LogP contribution in [0.3, 0.4) is 0 Å². The second-order valence-corrected chi connectivity index (χ2v) is 5.60. The fourth-order valence-corrected chi connectivity index (χ4v) is 2.20. The molecule has 1 unspecified atom stereocenters. The Labute approximate surface area is 133 Å². The number of carbonyl (C=O) groups excluding carboxylic acids is 1. The summed E-state index contributed by atoms with van der Waals surface area (Å²) < 4.78 is 0. The molecule has 1 atom stereocenters. The lowest BCUT2D eigenvalue weighted by Crippen LogP contribution is -2.19. The fraction of sp³-hybridized carbons (Fsp3) is 0.556. The van der Waals surface area contributed by atoms with Gasteiger partial charge in [0.2, 0.25) is 5.91 Å². The van der Waals surface area contributed by atoms with Gasteiger partial charge in [-0.3, -0.25) is 4.79 Å². The van der Waals surface area contributed by atoms with Crippen LogP contribution in [0, 0.1) is 0 Å². The number of benzene rings is 1. The van der Waals surface area contributed by atoms with Gasteiger partial charge in [-0.15, -0.1) is 0 Å². The third kappa shape index (κ3) is 9.29. The van der Waals surface area contributed by atoms with Crippen LogP contribution in [-0.4, -0.2) is 23.3 Å². The summed E-state index contributed by atoms with van der Waals surface area (Å²) in [4.78, 5) is 11.6. The van der Waals surface area contributed by atoms with E-state index in [0.29, 0.717) is 12.8 Å². The molecule has 1 rings (SSSR count). The van der Waals surface area contributed by atoms with Crippen molar-refractivity contribution in [3.63, 3.8) is 0 Å². The number of nitrogens with one attached hydrogen (secondary N) is 1. The van der Waals surface area contributed by atoms with E-state index in [4.69, 9.17) is 0 Å². The molecule has 0 saturated heterocycles. The van der Waals surface area contributed by atoms with Gasteiger partial charge in [0.25, 0.3) is 0 Å². The highest BCUT2D eigenvalue weighted by Crippen LogP contribution is 2.10. The van der Waals surface area contributed by atoms with E-state index in [1.807, 2.05) is 30.3 Å². The molecule has 22 heavy (non-hydrogen) atoms. The number of aliphatic hydroxyl groups excluding tert-OH is 1. The standard InChI is InChI=1S/C18H28N2O2/c1-2-3-4-5-9-12-17(21)13-14-18(22)20-19-15-16-10-7-6-8-11-16/h6-8,10-11,15,17,21H,2-5,9,12-14H2,1H3,(H,20,22). The highest BCUT2D eigenvalue weighted by molar-refractivity contribution is 5.82. The molecule has 0 aliphatic heterocycles. The zero-order valence-corrected chi connectivity index (χ0v) is 13.5. The van der Waals surface area contributed by atoms with Crippen LogP contribution in [0.4, 0.5) is 0 Å². The van der Waals surface area contributed by atoms with Crippen molar-refractivity contribution in [3.8, 4) is 0 Å². The highest BCUT2D eigenvalue weighted by atomic mass is 16.3. The molecule has 122 valence electrons. The number of rotatable bonds is 11. The molecule has 4 nitrogen and oxygen atoms in total. The van der Waals surface area contributed by atoms with E-state index in [1.54, 1.807) is 6.21 Å². The Morgan fingerprint density at radius 1 is 1.18 bits per heavy atom. The Morgan fingerprint density at radius 2 is 1.91 bits per heavy atom. The molecule has 0 fully saturated rings. The third-order valence-corrected chi connectivity index (χ3v) is 3.55. The Morgan fingerprint density at radius 3 is 2.64 bits per heavy atom. The van der Waals surface area contributed by atoms with Crippen molar-refractivity contribution in [1.29, 1.82) is 0 Å². The zero-order chi connectivity index (χ0) is 16.0. The maximum Gasteiger partial charge on any atom is 0.240 e. The van der Waals surface area contributed by atoms with Gasteiger partial charge in [-0.2, -0.15) is 5.10 Å². The number of carbonyl (C=O) groups is 1. The molecule has 0 radical (unpaired) electrons. The Bertz CT molecular complexity index is 432. The van der Waals surface area contributed by atoms with Crippen LogP contribution in [0.5, 0.6) is 0 Å². The second kappa shape index (κ2) is 11.9. The lowest BCUT2D eigenvalue weighted by Gasteiger charge is -2.09. The fourth-order valence-electron chi connectivity index (χ4n) is 2.20. The number of nitrogens with zero attached hydrogens (tertiary/aromatic N) is 1. The van der Waals surface area contributed by atoms with Crippen LogP contribution in [0.15, 0.2) is 35.4 Å².